The van der Waals surface area contributed by atoms with Crippen molar-refractivity contribution >= 4 is 49.5 Å². The summed E-state index contributed by atoms with van der Waals surface area (Å²) >= 11 is 0. The molecule has 0 aliphatic rings. The highest BCUT2D eigenvalue weighted by Gasteiger charge is 2.20. The van der Waals surface area contributed by atoms with E-state index in [4.69, 9.17) is 4.74 Å². The fraction of sp³-hybridized carbons (Fsp3) is 0.208. The Kier molecular flexibility index (Phi) is 4.37. The van der Waals surface area contributed by atoms with Crippen LogP contribution in [0.1, 0.15) is 10.4 Å². The van der Waals surface area contributed by atoms with Crippen molar-refractivity contribution in [3.63, 3.8) is 0 Å². The van der Waals surface area contributed by atoms with Crippen LogP contribution in [-0.2, 0) is 0 Å². The predicted molar refractivity (Wildman–Crippen MR) is 123 cm³/mol. The fourth-order valence-corrected chi connectivity index (χ4v) is 4.15. The number of benzene rings is 3. The van der Waals surface area contributed by atoms with Crippen molar-refractivity contribution in [3.05, 3.63) is 54.1 Å². The molecule has 0 radical (unpaired) electrons. The zero-order valence-corrected chi connectivity index (χ0v) is 17.3. The van der Waals surface area contributed by atoms with Gasteiger partial charge in [0.25, 0.3) is 5.91 Å². The molecule has 2 heterocycles. The van der Waals surface area contributed by atoms with Gasteiger partial charge in [-0.25, -0.2) is 0 Å². The number of carbonyl (C=O) groups is 1. The van der Waals surface area contributed by atoms with Crippen LogP contribution in [0.25, 0.3) is 43.6 Å². The van der Waals surface area contributed by atoms with Gasteiger partial charge in [0, 0.05) is 45.7 Å². The minimum atomic E-state index is -0.0763. The number of aromatic amines is 2. The maximum atomic E-state index is 13.2. The Bertz CT molecular complexity index is 1410. The Morgan fingerprint density at radius 1 is 0.967 bits per heavy atom. The largest absolute Gasteiger partial charge is 0.497 e. The van der Waals surface area contributed by atoms with Crippen LogP contribution in [0.4, 0.5) is 0 Å². The molecule has 0 unspecified atom stereocenters. The second kappa shape index (κ2) is 7.07. The number of carbonyl (C=O) groups excluding carboxylic acids is 1. The monoisotopic (exact) mass is 400 g/mol. The number of aromatic nitrogens is 2. The highest BCUT2D eigenvalue weighted by atomic mass is 16.5. The van der Waals surface area contributed by atoms with Gasteiger partial charge in [-0.05, 0) is 44.4 Å². The van der Waals surface area contributed by atoms with Gasteiger partial charge in [0.1, 0.15) is 5.75 Å². The maximum absolute atomic E-state index is 13.2. The lowest BCUT2D eigenvalue weighted by Crippen LogP contribution is -2.31. The van der Waals surface area contributed by atoms with Crippen LogP contribution in [0.5, 0.6) is 5.75 Å². The summed E-state index contributed by atoms with van der Waals surface area (Å²) in [5, 5.41) is 7.25. The Hall–Kier alpha value is -3.51. The summed E-state index contributed by atoms with van der Waals surface area (Å²) in [7, 11) is 5.65. The van der Waals surface area contributed by atoms with Gasteiger partial charge in [-0.3, -0.25) is 4.79 Å². The van der Waals surface area contributed by atoms with Gasteiger partial charge in [-0.1, -0.05) is 18.2 Å². The van der Waals surface area contributed by atoms with E-state index < -0.39 is 0 Å². The molecule has 0 spiro atoms. The van der Waals surface area contributed by atoms with Crippen molar-refractivity contribution in [1.29, 1.82) is 0 Å². The molecule has 5 aromatic rings. The van der Waals surface area contributed by atoms with Gasteiger partial charge in [0.2, 0.25) is 0 Å². The van der Waals surface area contributed by atoms with Gasteiger partial charge in [-0.2, -0.15) is 0 Å². The second-order valence-corrected chi connectivity index (χ2v) is 7.86. The fourth-order valence-electron chi connectivity index (χ4n) is 4.15. The van der Waals surface area contributed by atoms with Crippen molar-refractivity contribution in [2.75, 3.05) is 34.3 Å². The molecule has 1 amide bonds. The van der Waals surface area contributed by atoms with E-state index in [-0.39, 0.29) is 5.91 Å². The molecule has 0 saturated heterocycles. The number of amides is 1. The standard InChI is InChI=1S/C24H24N4O2/c1-28(2)11-10-25-24(29)18-13-16-15-6-4-5-7-19(15)26-22(16)21-17-12-14(30-3)8-9-20(17)27-23(18)21/h4-9,12-13,26-27H,10-11H2,1-3H3,(H,25,29). The van der Waals surface area contributed by atoms with Crippen molar-refractivity contribution < 1.29 is 9.53 Å². The molecule has 0 fully saturated rings. The predicted octanol–water partition coefficient (Wildman–Crippen LogP) is 4.26. The SMILES string of the molecule is COc1ccc2[nH]c3c(C(=O)NCCN(C)C)cc4c5ccccc5[nH]c4c3c2c1. The topological polar surface area (TPSA) is 73.2 Å². The molecule has 3 aromatic carbocycles. The number of ether oxygens (including phenoxy) is 1. The number of H-pyrrole nitrogens is 2. The first-order valence-electron chi connectivity index (χ1n) is 10.0. The first kappa shape index (κ1) is 18.5. The molecule has 0 aliphatic heterocycles. The molecule has 3 N–H and O–H groups in total. The number of hydrogen-bond acceptors (Lipinski definition) is 3. The average molecular weight is 400 g/mol. The van der Waals surface area contributed by atoms with E-state index >= 15 is 0 Å². The smallest absolute Gasteiger partial charge is 0.253 e. The quantitative estimate of drug-likeness (QED) is 0.413. The number of likely N-dealkylation sites (N-methyl/N-ethyl adjacent to an activating group) is 1. The molecule has 152 valence electrons. The minimum absolute atomic E-state index is 0.0763. The van der Waals surface area contributed by atoms with Crippen LogP contribution in [0.2, 0.25) is 0 Å². The third-order valence-corrected chi connectivity index (χ3v) is 5.65. The summed E-state index contributed by atoms with van der Waals surface area (Å²) in [6, 6.07) is 16.1. The molecule has 0 aliphatic carbocycles. The van der Waals surface area contributed by atoms with Crippen LogP contribution >= 0.6 is 0 Å². The van der Waals surface area contributed by atoms with E-state index in [1.165, 1.54) is 0 Å². The molecule has 5 rings (SSSR count). The lowest BCUT2D eigenvalue weighted by molar-refractivity contribution is 0.0952. The second-order valence-electron chi connectivity index (χ2n) is 7.86. The van der Waals surface area contributed by atoms with E-state index in [1.54, 1.807) is 7.11 Å². The Morgan fingerprint density at radius 2 is 1.73 bits per heavy atom. The first-order chi connectivity index (χ1) is 14.6. The summed E-state index contributed by atoms with van der Waals surface area (Å²) in [5.41, 5.74) is 4.53. The molecule has 2 aromatic heterocycles. The molecule has 6 heteroatoms. The third kappa shape index (κ3) is 2.88. The number of para-hydroxylation sites is 1. The average Bonchev–Trinajstić information content (AvgIpc) is 3.30. The van der Waals surface area contributed by atoms with E-state index in [2.05, 4.69) is 27.4 Å². The normalized spacial score (nSPS) is 11.9. The van der Waals surface area contributed by atoms with Crippen LogP contribution in [0, 0.1) is 0 Å². The maximum Gasteiger partial charge on any atom is 0.253 e. The lowest BCUT2D eigenvalue weighted by Gasteiger charge is -2.11. The Labute approximate surface area is 173 Å². The van der Waals surface area contributed by atoms with Crippen molar-refractivity contribution in [2.45, 2.75) is 0 Å². The van der Waals surface area contributed by atoms with Crippen molar-refractivity contribution in [3.8, 4) is 5.75 Å². The summed E-state index contributed by atoms with van der Waals surface area (Å²) < 4.78 is 5.46. The van der Waals surface area contributed by atoms with E-state index in [0.29, 0.717) is 12.1 Å². The zero-order chi connectivity index (χ0) is 20.8. The molecule has 6 nitrogen and oxygen atoms in total. The summed E-state index contributed by atoms with van der Waals surface area (Å²) in [4.78, 5) is 22.2. The molecule has 0 bridgehead atoms. The van der Waals surface area contributed by atoms with Gasteiger partial charge in [-0.15, -0.1) is 0 Å². The summed E-state index contributed by atoms with van der Waals surface area (Å²) in [6.45, 7) is 1.38. The number of rotatable bonds is 5. The first-order valence-corrected chi connectivity index (χ1v) is 10.0. The van der Waals surface area contributed by atoms with Gasteiger partial charge >= 0.3 is 0 Å². The molecule has 30 heavy (non-hydrogen) atoms. The molecule has 0 saturated carbocycles. The van der Waals surface area contributed by atoms with Crippen LogP contribution < -0.4 is 10.1 Å². The van der Waals surface area contributed by atoms with Gasteiger partial charge < -0.3 is 24.9 Å². The van der Waals surface area contributed by atoms with E-state index in [1.807, 2.05) is 55.4 Å². The Morgan fingerprint density at radius 3 is 2.53 bits per heavy atom. The number of nitrogens with one attached hydrogen (secondary N) is 3. The number of fused-ring (bicyclic) bond motifs is 7. The van der Waals surface area contributed by atoms with Crippen molar-refractivity contribution in [2.24, 2.45) is 0 Å². The molecule has 0 atom stereocenters. The molecular formula is C24H24N4O2. The van der Waals surface area contributed by atoms with Crippen molar-refractivity contribution in [1.82, 2.24) is 20.2 Å². The van der Waals surface area contributed by atoms with E-state index in [0.717, 1.165) is 55.9 Å². The molecular weight excluding hydrogens is 376 g/mol. The number of methoxy groups -OCH3 is 1. The zero-order valence-electron chi connectivity index (χ0n) is 17.3. The highest BCUT2D eigenvalue weighted by Crippen LogP contribution is 2.38. The number of hydrogen-bond donors (Lipinski definition) is 3. The van der Waals surface area contributed by atoms with Crippen LogP contribution in [0.3, 0.4) is 0 Å². The summed E-state index contributed by atoms with van der Waals surface area (Å²) in [6.07, 6.45) is 0. The van der Waals surface area contributed by atoms with Crippen LogP contribution in [0.15, 0.2) is 48.5 Å². The Balaban J connectivity index is 1.81. The van der Waals surface area contributed by atoms with Gasteiger partial charge in [0.15, 0.2) is 0 Å². The summed E-state index contributed by atoms with van der Waals surface area (Å²) in [5.74, 6) is 0.709. The highest BCUT2D eigenvalue weighted by molar-refractivity contribution is 6.28. The lowest BCUT2D eigenvalue weighted by atomic mass is 10.0. The number of nitrogens with zero attached hydrogens (tertiary/aromatic N) is 1. The van der Waals surface area contributed by atoms with Gasteiger partial charge in [0.05, 0.1) is 23.7 Å². The van der Waals surface area contributed by atoms with E-state index in [9.17, 15) is 4.79 Å². The van der Waals surface area contributed by atoms with Crippen LogP contribution in [-0.4, -0.2) is 55.1 Å². The third-order valence-electron chi connectivity index (χ3n) is 5.65. The minimum Gasteiger partial charge on any atom is -0.497 e.